The fourth-order valence-corrected chi connectivity index (χ4v) is 3.71. The molecule has 2 aromatic carbocycles. The fraction of sp³-hybridized carbons (Fsp3) is 0.227. The van der Waals surface area contributed by atoms with Crippen LogP contribution < -0.4 is 25.6 Å². The Bertz CT molecular complexity index is 1020. The van der Waals surface area contributed by atoms with Crippen molar-refractivity contribution in [2.75, 3.05) is 29.9 Å². The molecule has 9 heteroatoms. The number of benzene rings is 2. The predicted molar refractivity (Wildman–Crippen MR) is 120 cm³/mol. The highest BCUT2D eigenvalue weighted by Crippen LogP contribution is 2.19. The Morgan fingerprint density at radius 2 is 2.10 bits per heavy atom. The number of carbonyl (C=O) groups excluding carboxylic acids is 2. The predicted octanol–water partition coefficient (Wildman–Crippen LogP) is 2.98. The smallest absolute Gasteiger partial charge is 0.319 e. The van der Waals surface area contributed by atoms with Crippen LogP contribution in [0.2, 0.25) is 0 Å². The van der Waals surface area contributed by atoms with Crippen LogP contribution in [-0.2, 0) is 17.9 Å². The molecule has 31 heavy (non-hydrogen) atoms. The van der Waals surface area contributed by atoms with E-state index < -0.39 is 0 Å². The van der Waals surface area contributed by atoms with Gasteiger partial charge in [-0.15, -0.1) is 11.3 Å². The Morgan fingerprint density at radius 1 is 1.23 bits per heavy atom. The van der Waals surface area contributed by atoms with E-state index in [2.05, 4.69) is 20.9 Å². The van der Waals surface area contributed by atoms with Gasteiger partial charge >= 0.3 is 6.03 Å². The van der Waals surface area contributed by atoms with Crippen molar-refractivity contribution < 1.29 is 14.3 Å². The first-order chi connectivity index (χ1) is 15.2. The molecule has 0 radical (unpaired) electrons. The molecule has 1 fully saturated rings. The van der Waals surface area contributed by atoms with Crippen LogP contribution in [0.25, 0.3) is 0 Å². The molecule has 160 valence electrons. The third-order valence-corrected chi connectivity index (χ3v) is 5.39. The number of nitrogens with one attached hydrogen (secondary N) is 3. The van der Waals surface area contributed by atoms with Gasteiger partial charge in [-0.2, -0.15) is 0 Å². The van der Waals surface area contributed by atoms with E-state index in [0.29, 0.717) is 37.7 Å². The number of rotatable bonds is 7. The van der Waals surface area contributed by atoms with Gasteiger partial charge in [-0.3, -0.25) is 4.79 Å². The summed E-state index contributed by atoms with van der Waals surface area (Å²) in [6, 6.07) is 14.8. The van der Waals surface area contributed by atoms with Crippen LogP contribution in [-0.4, -0.2) is 36.6 Å². The van der Waals surface area contributed by atoms with Gasteiger partial charge in [0.1, 0.15) is 12.4 Å². The number of carbonyl (C=O) groups is 2. The average molecular weight is 438 g/mol. The second kappa shape index (κ2) is 9.94. The number of thiazole rings is 1. The molecule has 4 rings (SSSR count). The van der Waals surface area contributed by atoms with Crippen molar-refractivity contribution in [3.05, 3.63) is 70.7 Å². The highest BCUT2D eigenvalue weighted by Gasteiger charge is 2.16. The number of anilines is 2. The molecule has 0 spiro atoms. The SMILES string of the molecule is O=C1CN(c2ccc(CNC(=O)Nc3cccc(OCc4cscn4)c3)cc2)CCN1. The summed E-state index contributed by atoms with van der Waals surface area (Å²) in [5, 5.41) is 10.4. The van der Waals surface area contributed by atoms with Gasteiger partial charge in [-0.25, -0.2) is 9.78 Å². The third kappa shape index (κ3) is 5.95. The Hall–Kier alpha value is -3.59. The molecule has 1 aliphatic heterocycles. The Kier molecular flexibility index (Phi) is 6.63. The highest BCUT2D eigenvalue weighted by atomic mass is 32.1. The van der Waals surface area contributed by atoms with E-state index in [1.807, 2.05) is 46.7 Å². The van der Waals surface area contributed by atoms with Crippen molar-refractivity contribution >= 4 is 34.6 Å². The summed E-state index contributed by atoms with van der Waals surface area (Å²) in [5.41, 5.74) is 5.25. The monoisotopic (exact) mass is 437 g/mol. The largest absolute Gasteiger partial charge is 0.487 e. The molecule has 0 aliphatic carbocycles. The van der Waals surface area contributed by atoms with E-state index in [4.69, 9.17) is 4.74 Å². The number of ether oxygens (including phenoxy) is 1. The summed E-state index contributed by atoms with van der Waals surface area (Å²) in [6.07, 6.45) is 0. The molecule has 0 unspecified atom stereocenters. The number of aromatic nitrogens is 1. The maximum Gasteiger partial charge on any atom is 0.319 e. The van der Waals surface area contributed by atoms with E-state index in [1.165, 1.54) is 11.3 Å². The fourth-order valence-electron chi connectivity index (χ4n) is 3.17. The minimum absolute atomic E-state index is 0.0336. The van der Waals surface area contributed by atoms with Gasteiger partial charge in [-0.1, -0.05) is 18.2 Å². The molecule has 0 saturated carbocycles. The van der Waals surface area contributed by atoms with Crippen LogP contribution in [0.3, 0.4) is 0 Å². The van der Waals surface area contributed by atoms with E-state index >= 15 is 0 Å². The highest BCUT2D eigenvalue weighted by molar-refractivity contribution is 7.07. The van der Waals surface area contributed by atoms with Crippen molar-refractivity contribution in [1.29, 1.82) is 0 Å². The first kappa shape index (κ1) is 20.7. The maximum absolute atomic E-state index is 12.3. The number of urea groups is 1. The summed E-state index contributed by atoms with van der Waals surface area (Å²) >= 11 is 1.52. The van der Waals surface area contributed by atoms with E-state index in [1.54, 1.807) is 17.6 Å². The van der Waals surface area contributed by atoms with Gasteiger partial charge in [0.25, 0.3) is 0 Å². The van der Waals surface area contributed by atoms with Crippen molar-refractivity contribution in [1.82, 2.24) is 15.6 Å². The second-order valence-electron chi connectivity index (χ2n) is 7.04. The molecule has 1 aliphatic rings. The van der Waals surface area contributed by atoms with Crippen LogP contribution in [0.1, 0.15) is 11.3 Å². The van der Waals surface area contributed by atoms with Crippen LogP contribution in [0.4, 0.5) is 16.2 Å². The molecule has 0 bridgehead atoms. The standard InChI is InChI=1S/C22H23N5O3S/c28-21-12-27(9-8-23-21)19-6-4-16(5-7-19)11-24-22(29)26-17-2-1-3-20(10-17)30-13-18-14-31-15-25-18/h1-7,10,14-15H,8-9,11-13H2,(H,23,28)(H2,24,26,29). The second-order valence-corrected chi connectivity index (χ2v) is 7.76. The number of hydrogen-bond acceptors (Lipinski definition) is 6. The first-order valence-corrected chi connectivity index (χ1v) is 10.9. The summed E-state index contributed by atoms with van der Waals surface area (Å²) in [7, 11) is 0. The number of amides is 3. The van der Waals surface area contributed by atoms with Crippen LogP contribution >= 0.6 is 11.3 Å². The molecule has 0 atom stereocenters. The van der Waals surface area contributed by atoms with Gasteiger partial charge in [0, 0.05) is 42.5 Å². The average Bonchev–Trinajstić information content (AvgIpc) is 3.31. The first-order valence-electron chi connectivity index (χ1n) is 9.91. The summed E-state index contributed by atoms with van der Waals surface area (Å²) < 4.78 is 5.71. The number of hydrogen-bond donors (Lipinski definition) is 3. The lowest BCUT2D eigenvalue weighted by molar-refractivity contribution is -0.120. The van der Waals surface area contributed by atoms with E-state index in [9.17, 15) is 9.59 Å². The maximum atomic E-state index is 12.3. The molecular weight excluding hydrogens is 414 g/mol. The van der Waals surface area contributed by atoms with E-state index in [0.717, 1.165) is 23.5 Å². The lowest BCUT2D eigenvalue weighted by atomic mass is 10.2. The lowest BCUT2D eigenvalue weighted by Crippen LogP contribution is -2.47. The summed E-state index contributed by atoms with van der Waals surface area (Å²) in [5.74, 6) is 0.694. The molecule has 3 aromatic rings. The Labute approximate surface area is 184 Å². The van der Waals surface area contributed by atoms with Crippen molar-refractivity contribution in [2.24, 2.45) is 0 Å². The molecule has 3 N–H and O–H groups in total. The zero-order valence-corrected chi connectivity index (χ0v) is 17.7. The van der Waals surface area contributed by atoms with Crippen LogP contribution in [0, 0.1) is 0 Å². The van der Waals surface area contributed by atoms with Gasteiger partial charge < -0.3 is 25.6 Å². The minimum atomic E-state index is -0.298. The zero-order valence-electron chi connectivity index (χ0n) is 16.8. The summed E-state index contributed by atoms with van der Waals surface area (Å²) in [6.45, 7) is 2.59. The third-order valence-electron chi connectivity index (χ3n) is 4.76. The Balaban J connectivity index is 1.25. The topological polar surface area (TPSA) is 95.6 Å². The molecule has 1 saturated heterocycles. The number of nitrogens with zero attached hydrogens (tertiary/aromatic N) is 2. The Morgan fingerprint density at radius 3 is 2.87 bits per heavy atom. The van der Waals surface area contributed by atoms with Crippen LogP contribution in [0.15, 0.2) is 59.4 Å². The van der Waals surface area contributed by atoms with Gasteiger partial charge in [0.05, 0.1) is 17.7 Å². The van der Waals surface area contributed by atoms with Gasteiger partial charge in [0.2, 0.25) is 5.91 Å². The quantitative estimate of drug-likeness (QED) is 0.528. The minimum Gasteiger partial charge on any atom is -0.487 e. The summed E-state index contributed by atoms with van der Waals surface area (Å²) in [4.78, 5) is 30.0. The molecular formula is C22H23N5O3S. The lowest BCUT2D eigenvalue weighted by Gasteiger charge is -2.28. The van der Waals surface area contributed by atoms with Gasteiger partial charge in [-0.05, 0) is 29.8 Å². The van der Waals surface area contributed by atoms with Crippen molar-refractivity contribution in [3.63, 3.8) is 0 Å². The van der Waals surface area contributed by atoms with Gasteiger partial charge in [0.15, 0.2) is 0 Å². The normalized spacial score (nSPS) is 13.4. The molecule has 1 aromatic heterocycles. The molecule has 2 heterocycles. The van der Waals surface area contributed by atoms with E-state index in [-0.39, 0.29) is 11.9 Å². The number of piperazine rings is 1. The van der Waals surface area contributed by atoms with Crippen molar-refractivity contribution in [3.8, 4) is 5.75 Å². The molecule has 3 amide bonds. The van der Waals surface area contributed by atoms with Crippen molar-refractivity contribution in [2.45, 2.75) is 13.2 Å². The zero-order chi connectivity index (χ0) is 21.5. The van der Waals surface area contributed by atoms with Crippen LogP contribution in [0.5, 0.6) is 5.75 Å². The molecule has 8 nitrogen and oxygen atoms in total.